The number of carbonyl (C=O) groups is 2. The van der Waals surface area contributed by atoms with Crippen LogP contribution in [0.5, 0.6) is 0 Å². The molecule has 5 aliphatic rings. The number of aliphatic hydroxyl groups excluding tert-OH is 1. The summed E-state index contributed by atoms with van der Waals surface area (Å²) < 4.78 is 42.6. The molecule has 0 aromatic carbocycles. The Morgan fingerprint density at radius 3 is 2.38 bits per heavy atom. The number of fused-ring (bicyclic) bond motifs is 1. The third-order valence-electron chi connectivity index (χ3n) is 7.76. The van der Waals surface area contributed by atoms with Gasteiger partial charge in [-0.15, -0.1) is 0 Å². The molecule has 10 heteroatoms. The quantitative estimate of drug-likeness (QED) is 0.659. The van der Waals surface area contributed by atoms with E-state index in [-0.39, 0.29) is 23.7 Å². The second-order valence-electron chi connectivity index (χ2n) is 9.59. The molecule has 2 aliphatic heterocycles. The van der Waals surface area contributed by atoms with E-state index in [9.17, 15) is 23.1 Å². The summed E-state index contributed by atoms with van der Waals surface area (Å²) >= 11 is 0. The van der Waals surface area contributed by atoms with Crippen molar-refractivity contribution in [3.8, 4) is 0 Å². The molecule has 0 aromatic rings. The molecular weight excluding hydrogens is 401 g/mol. The SMILES string of the molecule is O=C1CN(C2C(O)CC3CCC(C4CN(C(=O)C5CC5)C4)CC3C2F)S(=O)(=O)N1. The van der Waals surface area contributed by atoms with E-state index in [1.165, 1.54) is 0 Å². The van der Waals surface area contributed by atoms with Crippen LogP contribution >= 0.6 is 0 Å². The van der Waals surface area contributed by atoms with E-state index in [1.54, 1.807) is 0 Å². The molecule has 29 heavy (non-hydrogen) atoms. The maximum absolute atomic E-state index is 15.6. The van der Waals surface area contributed by atoms with Crippen LogP contribution in [0.4, 0.5) is 4.39 Å². The van der Waals surface area contributed by atoms with E-state index < -0.39 is 41.0 Å². The van der Waals surface area contributed by atoms with Gasteiger partial charge >= 0.3 is 10.2 Å². The van der Waals surface area contributed by atoms with Gasteiger partial charge in [0.1, 0.15) is 6.17 Å². The number of hydrogen-bond donors (Lipinski definition) is 2. The zero-order valence-corrected chi connectivity index (χ0v) is 17.1. The van der Waals surface area contributed by atoms with Crippen molar-refractivity contribution in [3.05, 3.63) is 0 Å². The van der Waals surface area contributed by atoms with Crippen molar-refractivity contribution < 1.29 is 27.5 Å². The molecule has 6 unspecified atom stereocenters. The maximum Gasteiger partial charge on any atom is 0.304 e. The van der Waals surface area contributed by atoms with Gasteiger partial charge in [-0.05, 0) is 62.2 Å². The molecule has 0 radical (unpaired) electrons. The zero-order chi connectivity index (χ0) is 20.5. The molecule has 2 amide bonds. The van der Waals surface area contributed by atoms with Gasteiger partial charge in [-0.2, -0.15) is 12.7 Å². The van der Waals surface area contributed by atoms with Crippen LogP contribution in [-0.4, -0.2) is 72.5 Å². The lowest BCUT2D eigenvalue weighted by Crippen LogP contribution is -2.60. The van der Waals surface area contributed by atoms with Crippen molar-refractivity contribution in [1.82, 2.24) is 13.9 Å². The van der Waals surface area contributed by atoms with Crippen LogP contribution in [0.15, 0.2) is 0 Å². The number of halogens is 1. The summed E-state index contributed by atoms with van der Waals surface area (Å²) in [5, 5.41) is 10.5. The minimum atomic E-state index is -4.09. The minimum Gasteiger partial charge on any atom is -0.391 e. The summed E-state index contributed by atoms with van der Waals surface area (Å²) in [7, 11) is -4.09. The molecule has 0 spiro atoms. The van der Waals surface area contributed by atoms with Gasteiger partial charge in [-0.25, -0.2) is 9.11 Å². The number of hydrogen-bond acceptors (Lipinski definition) is 5. The van der Waals surface area contributed by atoms with Gasteiger partial charge in [0.15, 0.2) is 0 Å². The van der Waals surface area contributed by atoms with E-state index in [2.05, 4.69) is 0 Å². The summed E-state index contributed by atoms with van der Waals surface area (Å²) in [6.07, 6.45) is 2.17. The summed E-state index contributed by atoms with van der Waals surface area (Å²) in [6, 6.07) is -1.21. The largest absolute Gasteiger partial charge is 0.391 e. The first-order valence-electron chi connectivity index (χ1n) is 10.7. The zero-order valence-electron chi connectivity index (χ0n) is 16.2. The standard InChI is InChI=1S/C19H28FN3O5S/c20-17-14-5-11(13-7-22(8-13)19(26)10-1-2-10)3-4-12(14)6-15(24)18(17)23-9-16(25)21-29(23,27)28/h10-15,17-18,24H,1-9H2,(H,21,25). The Morgan fingerprint density at radius 1 is 1.07 bits per heavy atom. The summed E-state index contributed by atoms with van der Waals surface area (Å²) in [6.45, 7) is 1.06. The van der Waals surface area contributed by atoms with Crippen LogP contribution < -0.4 is 4.72 Å². The third-order valence-corrected chi connectivity index (χ3v) is 9.24. The summed E-state index contributed by atoms with van der Waals surface area (Å²) in [5.74, 6) is 0.213. The van der Waals surface area contributed by atoms with E-state index in [1.807, 2.05) is 9.62 Å². The Kier molecular flexibility index (Phi) is 4.67. The number of rotatable bonds is 3. The van der Waals surface area contributed by atoms with Gasteiger partial charge in [-0.3, -0.25) is 9.59 Å². The minimum absolute atomic E-state index is 0.0331. The lowest BCUT2D eigenvalue weighted by atomic mass is 9.61. The number of nitrogens with zero attached hydrogens (tertiary/aromatic N) is 2. The summed E-state index contributed by atoms with van der Waals surface area (Å²) in [5.41, 5.74) is 0. The van der Waals surface area contributed by atoms with Crippen molar-refractivity contribution in [2.75, 3.05) is 19.6 Å². The van der Waals surface area contributed by atoms with Crippen LogP contribution in [0, 0.1) is 29.6 Å². The number of carbonyl (C=O) groups excluding carboxylic acids is 2. The Bertz CT molecular complexity index is 813. The van der Waals surface area contributed by atoms with Gasteiger partial charge in [0.2, 0.25) is 11.8 Å². The average molecular weight is 430 g/mol. The van der Waals surface area contributed by atoms with Gasteiger partial charge < -0.3 is 10.0 Å². The normalized spacial score (nSPS) is 42.8. The smallest absolute Gasteiger partial charge is 0.304 e. The highest BCUT2D eigenvalue weighted by molar-refractivity contribution is 7.88. The predicted molar refractivity (Wildman–Crippen MR) is 100 cm³/mol. The van der Waals surface area contributed by atoms with Crippen molar-refractivity contribution in [2.24, 2.45) is 29.6 Å². The highest BCUT2D eigenvalue weighted by Crippen LogP contribution is 2.49. The topological polar surface area (TPSA) is 107 Å². The van der Waals surface area contributed by atoms with Gasteiger partial charge in [-0.1, -0.05) is 0 Å². The Hall–Kier alpha value is -1.26. The van der Waals surface area contributed by atoms with E-state index in [0.29, 0.717) is 24.7 Å². The second-order valence-corrected chi connectivity index (χ2v) is 11.2. The molecule has 162 valence electrons. The third kappa shape index (κ3) is 3.37. The van der Waals surface area contributed by atoms with Gasteiger partial charge in [0.05, 0.1) is 18.7 Å². The molecule has 6 atom stereocenters. The van der Waals surface area contributed by atoms with Crippen molar-refractivity contribution in [3.63, 3.8) is 0 Å². The van der Waals surface area contributed by atoms with Crippen molar-refractivity contribution >= 4 is 22.0 Å². The molecule has 8 nitrogen and oxygen atoms in total. The highest BCUT2D eigenvalue weighted by Gasteiger charge is 2.54. The summed E-state index contributed by atoms with van der Waals surface area (Å²) in [4.78, 5) is 25.6. The number of nitrogens with one attached hydrogen (secondary N) is 1. The lowest BCUT2D eigenvalue weighted by molar-refractivity contribution is -0.142. The van der Waals surface area contributed by atoms with E-state index >= 15 is 4.39 Å². The highest BCUT2D eigenvalue weighted by atomic mass is 32.2. The average Bonchev–Trinajstić information content (AvgIpc) is 3.40. The van der Waals surface area contributed by atoms with Crippen molar-refractivity contribution in [1.29, 1.82) is 0 Å². The fourth-order valence-electron chi connectivity index (χ4n) is 5.98. The molecule has 0 aromatic heterocycles. The fraction of sp³-hybridized carbons (Fsp3) is 0.895. The first kappa shape index (κ1) is 19.7. The fourth-order valence-corrected chi connectivity index (χ4v) is 7.32. The van der Waals surface area contributed by atoms with Crippen LogP contribution in [0.1, 0.15) is 38.5 Å². The second kappa shape index (κ2) is 6.88. The number of likely N-dealkylation sites (tertiary alicyclic amines) is 1. The van der Waals surface area contributed by atoms with Gasteiger partial charge in [0, 0.05) is 19.0 Å². The molecule has 3 saturated carbocycles. The Balaban J connectivity index is 1.26. The molecular formula is C19H28FN3O5S. The van der Waals surface area contributed by atoms with Crippen LogP contribution in [-0.2, 0) is 19.8 Å². The molecule has 2 N–H and O–H groups in total. The van der Waals surface area contributed by atoms with Crippen LogP contribution in [0.2, 0.25) is 0 Å². The monoisotopic (exact) mass is 429 g/mol. The first-order chi connectivity index (χ1) is 13.7. The number of alkyl halides is 1. The molecule has 3 aliphatic carbocycles. The molecule has 2 heterocycles. The van der Waals surface area contributed by atoms with Gasteiger partial charge in [0.25, 0.3) is 0 Å². The maximum atomic E-state index is 15.6. The molecule has 0 bridgehead atoms. The molecule has 5 rings (SSSR count). The number of aliphatic hydroxyl groups is 1. The lowest BCUT2D eigenvalue weighted by Gasteiger charge is -2.51. The van der Waals surface area contributed by atoms with Crippen LogP contribution in [0.25, 0.3) is 0 Å². The Morgan fingerprint density at radius 2 is 1.76 bits per heavy atom. The first-order valence-corrected chi connectivity index (χ1v) is 12.1. The van der Waals surface area contributed by atoms with E-state index in [0.717, 1.165) is 43.1 Å². The van der Waals surface area contributed by atoms with Crippen molar-refractivity contribution in [2.45, 2.75) is 56.8 Å². The van der Waals surface area contributed by atoms with Crippen LogP contribution in [0.3, 0.4) is 0 Å². The predicted octanol–water partition coefficient (Wildman–Crippen LogP) is 0.0352. The number of amides is 2. The van der Waals surface area contributed by atoms with E-state index in [4.69, 9.17) is 0 Å². The molecule has 2 saturated heterocycles. The Labute approximate surface area is 170 Å². The molecule has 5 fully saturated rings.